The summed E-state index contributed by atoms with van der Waals surface area (Å²) in [5.74, 6) is 1.50. The molecule has 5 atom stereocenters. The zero-order chi connectivity index (χ0) is 12.9. The molecular formula is C16H24O2. The molecule has 2 bridgehead atoms. The molecule has 0 aromatic carbocycles. The fourth-order valence-corrected chi connectivity index (χ4v) is 5.20. The maximum Gasteiger partial charge on any atom is 0.140 e. The third kappa shape index (κ3) is 1.36. The minimum atomic E-state index is -0.311. The van der Waals surface area contributed by atoms with E-state index < -0.39 is 0 Å². The quantitative estimate of drug-likeness (QED) is 0.779. The highest BCUT2D eigenvalue weighted by atomic mass is 16.3. The van der Waals surface area contributed by atoms with Crippen molar-refractivity contribution in [1.29, 1.82) is 0 Å². The molecule has 3 aliphatic carbocycles. The summed E-state index contributed by atoms with van der Waals surface area (Å²) in [5, 5.41) is 10.3. The Balaban J connectivity index is 2.00. The second kappa shape index (κ2) is 4.19. The Morgan fingerprint density at radius 1 is 1.44 bits per heavy atom. The van der Waals surface area contributed by atoms with Gasteiger partial charge in [-0.1, -0.05) is 31.9 Å². The fraction of sp³-hybridized carbons (Fsp3) is 0.812. The van der Waals surface area contributed by atoms with E-state index in [-0.39, 0.29) is 17.4 Å². The molecule has 0 aromatic heterocycles. The van der Waals surface area contributed by atoms with Gasteiger partial charge in [0.15, 0.2) is 0 Å². The number of ketones is 1. The number of hydrogen-bond acceptors (Lipinski definition) is 2. The zero-order valence-electron chi connectivity index (χ0n) is 11.3. The highest BCUT2D eigenvalue weighted by Crippen LogP contribution is 2.67. The molecule has 100 valence electrons. The van der Waals surface area contributed by atoms with E-state index in [0.717, 1.165) is 32.1 Å². The van der Waals surface area contributed by atoms with Gasteiger partial charge in [0.25, 0.3) is 0 Å². The lowest BCUT2D eigenvalue weighted by Crippen LogP contribution is -2.42. The number of unbranched alkanes of at least 4 members (excludes halogenated alkanes) is 1. The number of fused-ring (bicyclic) bond motifs is 1. The van der Waals surface area contributed by atoms with E-state index in [9.17, 15) is 9.90 Å². The molecule has 3 saturated carbocycles. The summed E-state index contributed by atoms with van der Waals surface area (Å²) in [5.41, 5.74) is 0.987. The van der Waals surface area contributed by atoms with Crippen molar-refractivity contribution in [3.05, 3.63) is 12.2 Å². The van der Waals surface area contributed by atoms with Crippen LogP contribution in [0.1, 0.15) is 51.9 Å². The number of rotatable bonds is 3. The van der Waals surface area contributed by atoms with Crippen LogP contribution in [0.15, 0.2) is 12.2 Å². The molecule has 0 aliphatic heterocycles. The Morgan fingerprint density at radius 2 is 2.22 bits per heavy atom. The molecule has 1 spiro atoms. The Morgan fingerprint density at radius 3 is 2.94 bits per heavy atom. The van der Waals surface area contributed by atoms with Crippen LogP contribution in [-0.2, 0) is 4.79 Å². The van der Waals surface area contributed by atoms with Crippen molar-refractivity contribution in [2.75, 3.05) is 0 Å². The maximum atomic E-state index is 12.6. The lowest BCUT2D eigenvalue weighted by Gasteiger charge is -2.39. The molecule has 0 unspecified atom stereocenters. The predicted octanol–water partition coefficient (Wildman–Crippen LogP) is 3.10. The fourth-order valence-electron chi connectivity index (χ4n) is 5.20. The standard InChI is InChI=1S/C16H24O2/c1-3-4-5-12-11-6-7-14(18)16(12)9-8-13(17)15(16)10(11)2/h11-13,15,17H,2-9H2,1H3/t11-,12-,13-,15-,16+/m1/s1. The summed E-state index contributed by atoms with van der Waals surface area (Å²) in [6, 6.07) is 0. The average Bonchev–Trinajstić information content (AvgIpc) is 2.77. The molecule has 2 heteroatoms. The molecule has 0 radical (unpaired) electrons. The van der Waals surface area contributed by atoms with Gasteiger partial charge in [0, 0.05) is 17.8 Å². The lowest BCUT2D eigenvalue weighted by atomic mass is 9.63. The molecule has 0 amide bonds. The van der Waals surface area contributed by atoms with Crippen LogP contribution in [0.3, 0.4) is 0 Å². The largest absolute Gasteiger partial charge is 0.392 e. The minimum Gasteiger partial charge on any atom is -0.392 e. The van der Waals surface area contributed by atoms with E-state index in [0.29, 0.717) is 17.6 Å². The molecule has 3 fully saturated rings. The Bertz CT molecular complexity index is 387. The van der Waals surface area contributed by atoms with Gasteiger partial charge in [-0.2, -0.15) is 0 Å². The van der Waals surface area contributed by atoms with Gasteiger partial charge in [-0.05, 0) is 37.5 Å². The van der Waals surface area contributed by atoms with E-state index in [4.69, 9.17) is 0 Å². The van der Waals surface area contributed by atoms with E-state index in [1.54, 1.807) is 0 Å². The van der Waals surface area contributed by atoms with Gasteiger partial charge < -0.3 is 5.11 Å². The van der Waals surface area contributed by atoms with Gasteiger partial charge in [-0.3, -0.25) is 4.79 Å². The van der Waals surface area contributed by atoms with Crippen LogP contribution in [0.2, 0.25) is 0 Å². The van der Waals surface area contributed by atoms with Gasteiger partial charge >= 0.3 is 0 Å². The summed E-state index contributed by atoms with van der Waals surface area (Å²) in [6.07, 6.45) is 6.63. The van der Waals surface area contributed by atoms with Crippen LogP contribution in [-0.4, -0.2) is 17.0 Å². The van der Waals surface area contributed by atoms with E-state index in [1.807, 2.05) is 0 Å². The number of aliphatic hydroxyl groups excluding tert-OH is 1. The monoisotopic (exact) mass is 248 g/mol. The first-order valence-electron chi connectivity index (χ1n) is 7.53. The van der Waals surface area contributed by atoms with Gasteiger partial charge in [0.1, 0.15) is 5.78 Å². The Labute approximate surface area is 109 Å². The second-order valence-corrected chi connectivity index (χ2v) is 6.52. The highest BCUT2D eigenvalue weighted by molar-refractivity contribution is 5.88. The van der Waals surface area contributed by atoms with Crippen LogP contribution >= 0.6 is 0 Å². The van der Waals surface area contributed by atoms with Crippen molar-refractivity contribution in [2.45, 2.75) is 58.0 Å². The van der Waals surface area contributed by atoms with Crippen LogP contribution < -0.4 is 0 Å². The third-order valence-electron chi connectivity index (χ3n) is 5.89. The molecule has 0 saturated heterocycles. The molecule has 1 N–H and O–H groups in total. The summed E-state index contributed by atoms with van der Waals surface area (Å²) in [7, 11) is 0. The van der Waals surface area contributed by atoms with Crippen LogP contribution in [0.5, 0.6) is 0 Å². The molecular weight excluding hydrogens is 224 g/mol. The lowest BCUT2D eigenvalue weighted by molar-refractivity contribution is -0.136. The van der Waals surface area contributed by atoms with Crippen LogP contribution in [0.4, 0.5) is 0 Å². The first-order chi connectivity index (χ1) is 8.63. The Kier molecular flexibility index (Phi) is 2.89. The molecule has 0 aromatic rings. The summed E-state index contributed by atoms with van der Waals surface area (Å²) >= 11 is 0. The SMILES string of the molecule is C=C1[C@H]2CCC(=O)[C@]3(CC[C@@H](O)[C@@H]13)[C@@H]2CCCC. The second-order valence-electron chi connectivity index (χ2n) is 6.52. The maximum absolute atomic E-state index is 12.6. The number of Topliss-reactive ketones (excluding diaryl/α,β-unsaturated/α-hetero) is 1. The molecule has 3 aliphatic rings. The average molecular weight is 248 g/mol. The van der Waals surface area contributed by atoms with Crippen molar-refractivity contribution in [3.63, 3.8) is 0 Å². The molecule has 2 nitrogen and oxygen atoms in total. The van der Waals surface area contributed by atoms with Crippen LogP contribution in [0, 0.1) is 23.2 Å². The van der Waals surface area contributed by atoms with E-state index in [1.165, 1.54) is 18.4 Å². The number of hydrogen-bond donors (Lipinski definition) is 1. The summed E-state index contributed by atoms with van der Waals surface area (Å²) in [4.78, 5) is 12.6. The zero-order valence-corrected chi connectivity index (χ0v) is 11.3. The van der Waals surface area contributed by atoms with Crippen molar-refractivity contribution in [3.8, 4) is 0 Å². The van der Waals surface area contributed by atoms with Crippen molar-refractivity contribution < 1.29 is 9.90 Å². The number of carbonyl (C=O) groups excluding carboxylic acids is 1. The number of aliphatic hydroxyl groups is 1. The first kappa shape index (κ1) is 12.4. The van der Waals surface area contributed by atoms with E-state index >= 15 is 0 Å². The minimum absolute atomic E-state index is 0.0827. The van der Waals surface area contributed by atoms with Crippen molar-refractivity contribution >= 4 is 5.78 Å². The molecule has 3 rings (SSSR count). The van der Waals surface area contributed by atoms with Gasteiger partial charge in [0.05, 0.1) is 6.10 Å². The normalized spacial score (nSPS) is 46.6. The van der Waals surface area contributed by atoms with E-state index in [2.05, 4.69) is 13.5 Å². The summed E-state index contributed by atoms with van der Waals surface area (Å²) < 4.78 is 0. The highest BCUT2D eigenvalue weighted by Gasteiger charge is 2.66. The smallest absolute Gasteiger partial charge is 0.140 e. The molecule has 18 heavy (non-hydrogen) atoms. The van der Waals surface area contributed by atoms with Crippen molar-refractivity contribution in [2.24, 2.45) is 23.2 Å². The topological polar surface area (TPSA) is 37.3 Å². The number of carbonyl (C=O) groups is 1. The van der Waals surface area contributed by atoms with Gasteiger partial charge in [-0.25, -0.2) is 0 Å². The third-order valence-corrected chi connectivity index (χ3v) is 5.89. The van der Waals surface area contributed by atoms with Gasteiger partial charge in [0.2, 0.25) is 0 Å². The van der Waals surface area contributed by atoms with Gasteiger partial charge in [-0.15, -0.1) is 0 Å². The molecule has 0 heterocycles. The summed E-state index contributed by atoms with van der Waals surface area (Å²) in [6.45, 7) is 6.47. The predicted molar refractivity (Wildman–Crippen MR) is 71.0 cm³/mol. The van der Waals surface area contributed by atoms with Crippen LogP contribution in [0.25, 0.3) is 0 Å². The van der Waals surface area contributed by atoms with Crippen molar-refractivity contribution in [1.82, 2.24) is 0 Å². The first-order valence-corrected chi connectivity index (χ1v) is 7.53. The Hall–Kier alpha value is -0.630.